The molecule has 0 amide bonds. The first-order valence-electron chi connectivity index (χ1n) is 14.9. The van der Waals surface area contributed by atoms with E-state index in [4.69, 9.17) is 15.2 Å². The quantitative estimate of drug-likeness (QED) is 0.275. The number of halogens is 1. The number of nitrogens with zero attached hydrogens (tertiary/aromatic N) is 2. The van der Waals surface area contributed by atoms with Crippen molar-refractivity contribution in [2.75, 3.05) is 26.4 Å². The number of allylic oxidation sites excluding steroid dienone is 4. The number of rotatable bonds is 3. The zero-order valence-corrected chi connectivity index (χ0v) is 25.9. The monoisotopic (exact) mass is 583 g/mol. The molecule has 0 aromatic heterocycles. The Balaban J connectivity index is 0.000000382. The first-order valence-corrected chi connectivity index (χ1v) is 14.9. The molecule has 1 aromatic rings. The number of benzene rings is 1. The molecule has 0 bridgehead atoms. The van der Waals surface area contributed by atoms with Crippen molar-refractivity contribution in [1.82, 2.24) is 5.01 Å². The van der Waals surface area contributed by atoms with Gasteiger partial charge in [0.2, 0.25) is 0 Å². The van der Waals surface area contributed by atoms with Crippen LogP contribution in [-0.2, 0) is 14.3 Å². The number of hydrogen-bond acceptors (Lipinski definition) is 8. The van der Waals surface area contributed by atoms with Crippen LogP contribution in [0.1, 0.15) is 58.9 Å². The molecule has 1 aromatic carbocycles. The average molecular weight is 584 g/mol. The summed E-state index contributed by atoms with van der Waals surface area (Å²) in [5.74, 6) is -1.66. The van der Waals surface area contributed by atoms with Crippen molar-refractivity contribution in [3.05, 3.63) is 53.6 Å². The molecule has 0 unspecified atom stereocenters. The molecule has 5 aliphatic rings. The number of carbonyl (C=O) groups excluding carboxylic acids is 1. The largest absolute Gasteiger partial charge is 0.399 e. The number of hydrogen-bond donors (Lipinski definition) is 3. The number of nitrogens with two attached hydrogens (primary N) is 1. The van der Waals surface area contributed by atoms with E-state index in [0.29, 0.717) is 25.0 Å². The van der Waals surface area contributed by atoms with Crippen LogP contribution in [-0.4, -0.2) is 76.7 Å². The lowest BCUT2D eigenvalue weighted by Gasteiger charge is -2.63. The third-order valence-corrected chi connectivity index (χ3v) is 10.7. The molecule has 0 spiro atoms. The van der Waals surface area contributed by atoms with E-state index in [9.17, 15) is 15.0 Å². The predicted octanol–water partition coefficient (Wildman–Crippen LogP) is 4.34. The summed E-state index contributed by atoms with van der Waals surface area (Å²) >= 11 is 0. The third kappa shape index (κ3) is 4.30. The number of nitrogen functional groups attached to an aromatic ring is 1. The van der Waals surface area contributed by atoms with E-state index in [0.717, 1.165) is 16.8 Å². The Hall–Kier alpha value is -2.59. The summed E-state index contributed by atoms with van der Waals surface area (Å²) < 4.78 is 30.4. The number of aliphatic hydroxyl groups is 2. The normalized spacial score (nSPS) is 41.5. The molecule has 1 heterocycles. The maximum atomic E-state index is 17.4. The second kappa shape index (κ2) is 10.3. The van der Waals surface area contributed by atoms with Crippen molar-refractivity contribution in [1.29, 1.82) is 0 Å². The summed E-state index contributed by atoms with van der Waals surface area (Å²) in [4.78, 5) is 12.0. The predicted molar refractivity (Wildman–Crippen MR) is 160 cm³/mol. The van der Waals surface area contributed by atoms with Gasteiger partial charge in [0.05, 0.1) is 24.5 Å². The first-order chi connectivity index (χ1) is 19.6. The fourth-order valence-corrected chi connectivity index (χ4v) is 8.88. The topological polar surface area (TPSA) is 118 Å². The number of aryl methyl sites for hydroxylation is 1. The van der Waals surface area contributed by atoms with Gasteiger partial charge in [-0.2, -0.15) is 5.10 Å². The minimum Gasteiger partial charge on any atom is -0.399 e. The first kappa shape index (κ1) is 30.9. The fraction of sp³-hybridized carbons (Fsp3) is 0.636. The molecule has 4 aliphatic carbocycles. The maximum absolute atomic E-state index is 17.4. The Morgan fingerprint density at radius 1 is 1.19 bits per heavy atom. The number of ether oxygens (including phenoxy) is 2. The average Bonchev–Trinajstić information content (AvgIpc) is 3.31. The molecule has 230 valence electrons. The van der Waals surface area contributed by atoms with Gasteiger partial charge in [-0.15, -0.1) is 0 Å². The lowest BCUT2D eigenvalue weighted by atomic mass is 9.44. The molecule has 4 N–H and O–H groups in total. The SMILES string of the molecule is CN(C)N=C(CO)[C@@]12OC(C)(C)O[C@@H]1C[C@H]1[C@@H]3CCC4=CC(=O)C=C[C@]4(C)[C@@]3(F)[C@@H](O)C[C@@]12C.Cc1ccccc1N. The Morgan fingerprint density at radius 2 is 1.88 bits per heavy atom. The molecule has 8 atom stereocenters. The zero-order valence-electron chi connectivity index (χ0n) is 25.9. The minimum atomic E-state index is -1.92. The van der Waals surface area contributed by atoms with Gasteiger partial charge in [-0.1, -0.05) is 36.8 Å². The van der Waals surface area contributed by atoms with E-state index in [-0.39, 0.29) is 24.7 Å². The van der Waals surface area contributed by atoms with Crippen LogP contribution in [0, 0.1) is 29.6 Å². The van der Waals surface area contributed by atoms with Crippen molar-refractivity contribution < 1.29 is 28.9 Å². The van der Waals surface area contributed by atoms with Crippen LogP contribution in [0.25, 0.3) is 0 Å². The number of aliphatic hydroxyl groups excluding tert-OH is 2. The summed E-state index contributed by atoms with van der Waals surface area (Å²) in [6, 6.07) is 7.80. The van der Waals surface area contributed by atoms with E-state index in [1.54, 1.807) is 31.3 Å². The lowest BCUT2D eigenvalue weighted by Crippen LogP contribution is -2.70. The van der Waals surface area contributed by atoms with Gasteiger partial charge in [-0.25, -0.2) is 4.39 Å². The summed E-state index contributed by atoms with van der Waals surface area (Å²) in [6.45, 7) is 9.21. The van der Waals surface area contributed by atoms with Crippen LogP contribution in [0.3, 0.4) is 0 Å². The van der Waals surface area contributed by atoms with E-state index >= 15 is 4.39 Å². The highest BCUT2D eigenvalue weighted by Gasteiger charge is 2.79. The minimum absolute atomic E-state index is 0.129. The number of anilines is 1. The molecule has 6 rings (SSSR count). The Labute approximate surface area is 248 Å². The Kier molecular flexibility index (Phi) is 7.53. The van der Waals surface area contributed by atoms with Gasteiger partial charge in [-0.05, 0) is 83.1 Å². The van der Waals surface area contributed by atoms with Crippen LogP contribution < -0.4 is 5.73 Å². The Morgan fingerprint density at radius 3 is 2.48 bits per heavy atom. The van der Waals surface area contributed by atoms with Crippen molar-refractivity contribution in [3.8, 4) is 0 Å². The highest BCUT2D eigenvalue weighted by atomic mass is 19.1. The molecular weight excluding hydrogens is 537 g/mol. The fourth-order valence-electron chi connectivity index (χ4n) is 8.88. The smallest absolute Gasteiger partial charge is 0.178 e. The summed E-state index contributed by atoms with van der Waals surface area (Å²) in [5.41, 5.74) is 3.97. The van der Waals surface area contributed by atoms with Gasteiger partial charge in [0.1, 0.15) is 5.60 Å². The molecule has 42 heavy (non-hydrogen) atoms. The van der Waals surface area contributed by atoms with Gasteiger partial charge < -0.3 is 30.4 Å². The van der Waals surface area contributed by atoms with Crippen LogP contribution in [0.4, 0.5) is 10.1 Å². The van der Waals surface area contributed by atoms with Crippen molar-refractivity contribution in [2.24, 2.45) is 27.8 Å². The summed E-state index contributed by atoms with van der Waals surface area (Å²) in [6.07, 6.45) is 4.75. The van der Waals surface area contributed by atoms with E-state index in [2.05, 4.69) is 5.10 Å². The number of carbonyl (C=O) groups is 1. The molecule has 8 nitrogen and oxygen atoms in total. The molecule has 9 heteroatoms. The third-order valence-electron chi connectivity index (χ3n) is 10.7. The highest BCUT2D eigenvalue weighted by Crippen LogP contribution is 2.72. The second-order valence-electron chi connectivity index (χ2n) is 13.8. The number of hydrazone groups is 1. The number of ketones is 1. The van der Waals surface area contributed by atoms with Crippen molar-refractivity contribution in [3.63, 3.8) is 0 Å². The van der Waals surface area contributed by atoms with Gasteiger partial charge in [0, 0.05) is 36.5 Å². The van der Waals surface area contributed by atoms with Gasteiger partial charge >= 0.3 is 0 Å². The van der Waals surface area contributed by atoms with Gasteiger partial charge in [0.15, 0.2) is 17.2 Å². The van der Waals surface area contributed by atoms with Crippen LogP contribution in [0.15, 0.2) is 53.2 Å². The highest BCUT2D eigenvalue weighted by molar-refractivity contribution is 6.01. The zero-order chi connectivity index (χ0) is 30.9. The molecule has 1 saturated heterocycles. The van der Waals surface area contributed by atoms with E-state index < -0.39 is 46.0 Å². The van der Waals surface area contributed by atoms with Crippen LogP contribution in [0.5, 0.6) is 0 Å². The lowest BCUT2D eigenvalue weighted by molar-refractivity contribution is -0.236. The summed E-state index contributed by atoms with van der Waals surface area (Å²) in [5, 5.41) is 28.3. The van der Waals surface area contributed by atoms with Crippen LogP contribution in [0.2, 0.25) is 0 Å². The number of para-hydroxylation sites is 1. The molecule has 1 aliphatic heterocycles. The second-order valence-corrected chi connectivity index (χ2v) is 13.8. The molecule has 4 fully saturated rings. The van der Waals surface area contributed by atoms with Crippen molar-refractivity contribution in [2.45, 2.75) is 89.6 Å². The van der Waals surface area contributed by atoms with Crippen molar-refractivity contribution >= 4 is 17.2 Å². The Bertz CT molecular complexity index is 1320. The number of fused-ring (bicyclic) bond motifs is 7. The number of alkyl halides is 1. The summed E-state index contributed by atoms with van der Waals surface area (Å²) in [7, 11) is 3.57. The molecular formula is C33H46FN3O5. The van der Waals surface area contributed by atoms with Crippen LogP contribution >= 0.6 is 0 Å². The van der Waals surface area contributed by atoms with E-state index in [1.807, 2.05) is 58.9 Å². The van der Waals surface area contributed by atoms with Gasteiger partial charge in [0.25, 0.3) is 0 Å². The standard InChI is InChI=1S/C26H37FN2O5.C7H9N/c1-22(2)33-21-12-18-17-8-7-15-11-16(31)9-10-23(15,3)25(17,27)20(32)13-24(18,4)26(21,34-22)19(14-30)28-29(5)6;1-6-4-2-3-5-7(6)8/h9-11,17-18,20-21,30,32H,7-8,12-14H2,1-6H3;2-5H,8H2,1H3/t17-,18-,20-,21+,23-,24-,25-,26+;/m0./s1. The maximum Gasteiger partial charge on any atom is 0.178 e. The van der Waals surface area contributed by atoms with E-state index in [1.165, 1.54) is 6.08 Å². The van der Waals surface area contributed by atoms with Gasteiger partial charge in [-0.3, -0.25) is 4.79 Å². The molecule has 0 radical (unpaired) electrons. The molecule has 3 saturated carbocycles.